The highest BCUT2D eigenvalue weighted by Gasteiger charge is 2.15. The smallest absolute Gasteiger partial charge is 0.237 e. The van der Waals surface area contributed by atoms with Crippen LogP contribution in [0, 0.1) is 0 Å². The van der Waals surface area contributed by atoms with E-state index in [1.807, 2.05) is 36.4 Å². The summed E-state index contributed by atoms with van der Waals surface area (Å²) < 4.78 is 17.6. The first-order chi connectivity index (χ1) is 12.8. The Kier molecular flexibility index (Phi) is 4.65. The monoisotopic (exact) mass is 370 g/mol. The number of rotatable bonds is 7. The fourth-order valence-corrected chi connectivity index (χ4v) is 3.04. The Morgan fingerprint density at radius 3 is 2.96 bits per heavy atom. The van der Waals surface area contributed by atoms with Crippen LogP contribution in [0.3, 0.4) is 0 Å². The van der Waals surface area contributed by atoms with Gasteiger partial charge in [0.15, 0.2) is 0 Å². The molecule has 0 unspecified atom stereocenters. The number of hydrogen-bond acceptors (Lipinski definition) is 9. The molecule has 10 heteroatoms. The molecule has 0 atom stereocenters. The first kappa shape index (κ1) is 16.3. The standard InChI is InChI=1S/C16H14N6O3S/c1-23-13-7-3-2-6-12(13)15-17-14(25-19-15)10-26-16-18-20-21-22(16)9-11-5-4-8-24-11/h2-8H,9-10H2,1H3. The van der Waals surface area contributed by atoms with Crippen LogP contribution in [-0.4, -0.2) is 37.5 Å². The van der Waals surface area contributed by atoms with Gasteiger partial charge in [-0.2, -0.15) is 4.98 Å². The lowest BCUT2D eigenvalue weighted by Gasteiger charge is -2.03. The lowest BCUT2D eigenvalue weighted by atomic mass is 10.2. The van der Waals surface area contributed by atoms with Gasteiger partial charge in [0.2, 0.25) is 16.9 Å². The van der Waals surface area contributed by atoms with Crippen molar-refractivity contribution in [2.24, 2.45) is 0 Å². The van der Waals surface area contributed by atoms with E-state index in [1.54, 1.807) is 18.1 Å². The van der Waals surface area contributed by atoms with Gasteiger partial charge in [0, 0.05) is 0 Å². The number of benzene rings is 1. The molecular formula is C16H14N6O3S. The summed E-state index contributed by atoms with van der Waals surface area (Å²) in [6.07, 6.45) is 1.62. The predicted octanol–water partition coefficient (Wildman–Crippen LogP) is 2.67. The molecule has 0 aliphatic heterocycles. The Labute approximate surface area is 152 Å². The minimum absolute atomic E-state index is 0.445. The van der Waals surface area contributed by atoms with Gasteiger partial charge < -0.3 is 13.7 Å². The van der Waals surface area contributed by atoms with E-state index >= 15 is 0 Å². The summed E-state index contributed by atoms with van der Waals surface area (Å²) in [5.74, 6) is 2.86. The van der Waals surface area contributed by atoms with E-state index in [2.05, 4.69) is 25.7 Å². The fraction of sp³-hybridized carbons (Fsp3) is 0.188. The SMILES string of the molecule is COc1ccccc1-c1noc(CSc2nnnn2Cc2ccco2)n1. The van der Waals surface area contributed by atoms with Gasteiger partial charge in [0.05, 0.1) is 24.7 Å². The van der Waals surface area contributed by atoms with Crippen molar-refractivity contribution >= 4 is 11.8 Å². The average Bonchev–Trinajstić information content (AvgIpc) is 3.43. The Bertz CT molecular complexity index is 981. The Morgan fingerprint density at radius 1 is 1.19 bits per heavy atom. The molecule has 4 aromatic rings. The molecule has 132 valence electrons. The van der Waals surface area contributed by atoms with E-state index in [-0.39, 0.29) is 0 Å². The van der Waals surface area contributed by atoms with Crippen molar-refractivity contribution in [3.05, 3.63) is 54.3 Å². The molecular weight excluding hydrogens is 356 g/mol. The van der Waals surface area contributed by atoms with E-state index in [0.29, 0.717) is 34.9 Å². The van der Waals surface area contributed by atoms with Gasteiger partial charge >= 0.3 is 0 Å². The number of methoxy groups -OCH3 is 1. The molecule has 26 heavy (non-hydrogen) atoms. The van der Waals surface area contributed by atoms with Crippen LogP contribution in [-0.2, 0) is 12.3 Å². The van der Waals surface area contributed by atoms with Gasteiger partial charge in [-0.15, -0.1) is 5.10 Å². The lowest BCUT2D eigenvalue weighted by Crippen LogP contribution is -2.03. The predicted molar refractivity (Wildman–Crippen MR) is 91.5 cm³/mol. The highest BCUT2D eigenvalue weighted by molar-refractivity contribution is 7.98. The minimum atomic E-state index is 0.445. The van der Waals surface area contributed by atoms with E-state index in [0.717, 1.165) is 11.3 Å². The molecule has 3 aromatic heterocycles. The number of nitrogens with zero attached hydrogens (tertiary/aromatic N) is 6. The van der Waals surface area contributed by atoms with Crippen molar-refractivity contribution in [3.63, 3.8) is 0 Å². The Morgan fingerprint density at radius 2 is 2.12 bits per heavy atom. The molecule has 4 rings (SSSR count). The zero-order valence-electron chi connectivity index (χ0n) is 13.8. The summed E-state index contributed by atoms with van der Waals surface area (Å²) in [5.41, 5.74) is 0.776. The number of hydrogen-bond donors (Lipinski definition) is 0. The second-order valence-electron chi connectivity index (χ2n) is 5.20. The number of aromatic nitrogens is 6. The molecule has 0 N–H and O–H groups in total. The molecule has 0 fully saturated rings. The van der Waals surface area contributed by atoms with Crippen molar-refractivity contribution < 1.29 is 13.7 Å². The van der Waals surface area contributed by atoms with E-state index in [9.17, 15) is 0 Å². The van der Waals surface area contributed by atoms with Crippen molar-refractivity contribution in [3.8, 4) is 17.1 Å². The second kappa shape index (κ2) is 7.40. The zero-order valence-corrected chi connectivity index (χ0v) is 14.6. The molecule has 0 aliphatic rings. The van der Waals surface area contributed by atoms with E-state index < -0.39 is 0 Å². The summed E-state index contributed by atoms with van der Waals surface area (Å²) >= 11 is 1.40. The quantitative estimate of drug-likeness (QED) is 0.454. The third kappa shape index (κ3) is 3.45. The summed E-state index contributed by atoms with van der Waals surface area (Å²) in [4.78, 5) is 4.42. The maximum atomic E-state index is 5.33. The van der Waals surface area contributed by atoms with Gasteiger partial charge in [-0.05, 0) is 34.7 Å². The highest BCUT2D eigenvalue weighted by atomic mass is 32.2. The first-order valence-corrected chi connectivity index (χ1v) is 8.69. The number of furan rings is 1. The molecule has 0 saturated heterocycles. The molecule has 0 spiro atoms. The van der Waals surface area contributed by atoms with Crippen molar-refractivity contribution in [1.29, 1.82) is 0 Å². The Balaban J connectivity index is 1.45. The molecule has 3 heterocycles. The average molecular weight is 370 g/mol. The summed E-state index contributed by atoms with van der Waals surface area (Å²) in [6, 6.07) is 11.2. The van der Waals surface area contributed by atoms with Crippen LogP contribution < -0.4 is 4.74 Å². The minimum Gasteiger partial charge on any atom is -0.496 e. The van der Waals surface area contributed by atoms with Crippen LogP contribution in [0.5, 0.6) is 5.75 Å². The van der Waals surface area contributed by atoms with Gasteiger partial charge in [-0.1, -0.05) is 29.1 Å². The molecule has 0 saturated carbocycles. The van der Waals surface area contributed by atoms with Crippen LogP contribution in [0.1, 0.15) is 11.7 Å². The molecule has 0 bridgehead atoms. The van der Waals surface area contributed by atoms with E-state index in [1.165, 1.54) is 11.8 Å². The number of para-hydroxylation sites is 1. The van der Waals surface area contributed by atoms with Crippen molar-refractivity contribution in [1.82, 2.24) is 30.3 Å². The van der Waals surface area contributed by atoms with E-state index in [4.69, 9.17) is 13.7 Å². The Hall–Kier alpha value is -3.14. The number of ether oxygens (including phenoxy) is 1. The van der Waals surface area contributed by atoms with Gasteiger partial charge in [0.1, 0.15) is 18.1 Å². The topological polar surface area (TPSA) is 105 Å². The molecule has 0 radical (unpaired) electrons. The van der Waals surface area contributed by atoms with Crippen LogP contribution >= 0.6 is 11.8 Å². The van der Waals surface area contributed by atoms with Crippen LogP contribution in [0.4, 0.5) is 0 Å². The van der Waals surface area contributed by atoms with Crippen LogP contribution in [0.25, 0.3) is 11.4 Å². The third-order valence-corrected chi connectivity index (χ3v) is 4.47. The van der Waals surface area contributed by atoms with Crippen LogP contribution in [0.15, 0.2) is 56.8 Å². The summed E-state index contributed by atoms with van der Waals surface area (Å²) in [5, 5.41) is 16.4. The largest absolute Gasteiger partial charge is 0.496 e. The van der Waals surface area contributed by atoms with Crippen LogP contribution in [0.2, 0.25) is 0 Å². The van der Waals surface area contributed by atoms with Gasteiger partial charge in [-0.3, -0.25) is 0 Å². The molecule has 0 aliphatic carbocycles. The van der Waals surface area contributed by atoms with Gasteiger partial charge in [-0.25, -0.2) is 4.68 Å². The summed E-state index contributed by atoms with van der Waals surface area (Å²) in [7, 11) is 1.61. The summed E-state index contributed by atoms with van der Waals surface area (Å²) in [6.45, 7) is 0.457. The lowest BCUT2D eigenvalue weighted by molar-refractivity contribution is 0.390. The molecule has 0 amide bonds. The molecule has 1 aromatic carbocycles. The number of thioether (sulfide) groups is 1. The van der Waals surface area contributed by atoms with Crippen molar-refractivity contribution in [2.45, 2.75) is 17.5 Å². The second-order valence-corrected chi connectivity index (χ2v) is 6.14. The maximum Gasteiger partial charge on any atom is 0.237 e. The van der Waals surface area contributed by atoms with Gasteiger partial charge in [0.25, 0.3) is 0 Å². The highest BCUT2D eigenvalue weighted by Crippen LogP contribution is 2.28. The third-order valence-electron chi connectivity index (χ3n) is 3.53. The first-order valence-electron chi connectivity index (χ1n) is 7.71. The zero-order chi connectivity index (χ0) is 17.8. The normalized spacial score (nSPS) is 11.0. The maximum absolute atomic E-state index is 5.33. The fourth-order valence-electron chi connectivity index (χ4n) is 2.33. The molecule has 9 nitrogen and oxygen atoms in total. The number of tetrazole rings is 1. The van der Waals surface area contributed by atoms with Crippen molar-refractivity contribution in [2.75, 3.05) is 7.11 Å².